The Morgan fingerprint density at radius 3 is 2.40 bits per heavy atom. The van der Waals surface area contributed by atoms with Crippen molar-refractivity contribution in [3.63, 3.8) is 0 Å². The zero-order chi connectivity index (χ0) is 21.8. The smallest absolute Gasteiger partial charge is 0.273 e. The second-order valence-electron chi connectivity index (χ2n) is 6.44. The molecule has 0 aliphatic heterocycles. The quantitative estimate of drug-likeness (QED) is 0.386. The fourth-order valence-corrected chi connectivity index (χ4v) is 4.18. The summed E-state index contributed by atoms with van der Waals surface area (Å²) in [6.45, 7) is 0.256. The summed E-state index contributed by atoms with van der Waals surface area (Å²) in [7, 11) is 3.61. The van der Waals surface area contributed by atoms with E-state index >= 15 is 0 Å². The number of nitrogens with two attached hydrogens (primary N) is 1. The molecular weight excluding hydrogens is 467 g/mol. The molecule has 3 aromatic rings. The van der Waals surface area contributed by atoms with E-state index < -0.39 is 5.91 Å². The van der Waals surface area contributed by atoms with Gasteiger partial charge in [0.2, 0.25) is 0 Å². The fourth-order valence-electron chi connectivity index (χ4n) is 2.47. The average molecular weight is 484 g/mol. The zero-order valence-corrected chi connectivity index (χ0v) is 19.1. The van der Waals surface area contributed by atoms with Crippen molar-refractivity contribution >= 4 is 64.6 Å². The van der Waals surface area contributed by atoms with Gasteiger partial charge in [-0.2, -0.15) is 0 Å². The molecule has 0 fully saturated rings. The molecule has 0 atom stereocenters. The molecule has 0 saturated carbocycles. The maximum atomic E-state index is 11.6. The molecule has 11 heteroatoms. The number of rotatable bonds is 7. The molecule has 0 bridgehead atoms. The van der Waals surface area contributed by atoms with Crippen LogP contribution in [0.5, 0.6) is 0 Å². The number of nitrogens with zero attached hydrogens (tertiary/aromatic N) is 5. The van der Waals surface area contributed by atoms with Crippen molar-refractivity contribution in [2.24, 2.45) is 10.7 Å². The number of benzene rings is 2. The van der Waals surface area contributed by atoms with Gasteiger partial charge in [-0.15, -0.1) is 5.10 Å². The van der Waals surface area contributed by atoms with Crippen molar-refractivity contribution < 1.29 is 4.79 Å². The Kier molecular flexibility index (Phi) is 7.25. The van der Waals surface area contributed by atoms with Gasteiger partial charge in [-0.1, -0.05) is 51.8 Å². The van der Waals surface area contributed by atoms with Crippen molar-refractivity contribution in [1.82, 2.24) is 19.9 Å². The Balaban J connectivity index is 1.89. The SMILES string of the molecule is CN(C)/C=N/c1c(C(N)=O)nnn1Cc1cc(Cl)c(Sc2ccc(Cl)cc2)c(Cl)c1. The second kappa shape index (κ2) is 9.70. The van der Waals surface area contributed by atoms with Crippen LogP contribution < -0.4 is 5.73 Å². The molecule has 1 heterocycles. The van der Waals surface area contributed by atoms with Gasteiger partial charge in [-0.3, -0.25) is 4.79 Å². The largest absolute Gasteiger partial charge is 0.369 e. The lowest BCUT2D eigenvalue weighted by Gasteiger charge is -2.11. The fraction of sp³-hybridized carbons (Fsp3) is 0.158. The maximum absolute atomic E-state index is 11.6. The number of hydrogen-bond donors (Lipinski definition) is 1. The highest BCUT2D eigenvalue weighted by Gasteiger charge is 2.18. The van der Waals surface area contributed by atoms with Crippen LogP contribution in [0.25, 0.3) is 0 Å². The minimum atomic E-state index is -0.710. The monoisotopic (exact) mass is 482 g/mol. The summed E-state index contributed by atoms with van der Waals surface area (Å²) in [5, 5.41) is 9.48. The lowest BCUT2D eigenvalue weighted by atomic mass is 10.2. The first-order valence-electron chi connectivity index (χ1n) is 8.60. The zero-order valence-electron chi connectivity index (χ0n) is 16.0. The summed E-state index contributed by atoms with van der Waals surface area (Å²) in [5.41, 5.74) is 6.14. The molecule has 30 heavy (non-hydrogen) atoms. The molecule has 0 unspecified atom stereocenters. The van der Waals surface area contributed by atoms with Crippen LogP contribution in [-0.2, 0) is 6.54 Å². The van der Waals surface area contributed by atoms with Crippen LogP contribution in [0, 0.1) is 0 Å². The third-order valence-electron chi connectivity index (χ3n) is 3.78. The van der Waals surface area contributed by atoms with Crippen LogP contribution in [0.15, 0.2) is 51.2 Å². The molecule has 1 aromatic heterocycles. The summed E-state index contributed by atoms with van der Waals surface area (Å²) >= 11 is 20.4. The first-order chi connectivity index (χ1) is 14.2. The average Bonchev–Trinajstić information content (AvgIpc) is 3.07. The number of aromatic nitrogens is 3. The Labute approximate surface area is 192 Å². The lowest BCUT2D eigenvalue weighted by Crippen LogP contribution is -2.13. The van der Waals surface area contributed by atoms with Gasteiger partial charge in [0, 0.05) is 28.9 Å². The Morgan fingerprint density at radius 2 is 1.83 bits per heavy atom. The molecule has 2 N–H and O–H groups in total. The molecule has 0 saturated heterocycles. The number of carbonyl (C=O) groups is 1. The number of carbonyl (C=O) groups excluding carboxylic acids is 1. The summed E-state index contributed by atoms with van der Waals surface area (Å²) in [5.74, 6) is -0.457. The van der Waals surface area contributed by atoms with Gasteiger partial charge >= 0.3 is 0 Å². The van der Waals surface area contributed by atoms with Gasteiger partial charge in [0.25, 0.3) is 5.91 Å². The van der Waals surface area contributed by atoms with Gasteiger partial charge in [0.05, 0.1) is 22.9 Å². The highest BCUT2D eigenvalue weighted by Crippen LogP contribution is 2.40. The molecule has 1 amide bonds. The molecular formula is C19H17Cl3N6OS. The van der Waals surface area contributed by atoms with Gasteiger partial charge in [-0.25, -0.2) is 9.67 Å². The highest BCUT2D eigenvalue weighted by molar-refractivity contribution is 7.99. The Morgan fingerprint density at radius 1 is 1.20 bits per heavy atom. The number of primary amides is 1. The molecule has 2 aromatic carbocycles. The van der Waals surface area contributed by atoms with Crippen LogP contribution in [0.1, 0.15) is 16.1 Å². The first-order valence-corrected chi connectivity index (χ1v) is 10.5. The van der Waals surface area contributed by atoms with E-state index in [4.69, 9.17) is 40.5 Å². The number of amides is 1. The van der Waals surface area contributed by atoms with Crippen LogP contribution >= 0.6 is 46.6 Å². The molecule has 0 spiro atoms. The summed E-state index contributed by atoms with van der Waals surface area (Å²) in [4.78, 5) is 19.3. The third-order valence-corrected chi connectivity index (χ3v) is 6.00. The van der Waals surface area contributed by atoms with E-state index in [0.717, 1.165) is 15.4 Å². The third kappa shape index (κ3) is 5.46. The molecule has 156 valence electrons. The van der Waals surface area contributed by atoms with Gasteiger partial charge in [-0.05, 0) is 42.0 Å². The number of aliphatic imine (C=N–C) groups is 1. The van der Waals surface area contributed by atoms with Crippen LogP contribution in [-0.4, -0.2) is 46.2 Å². The summed E-state index contributed by atoms with van der Waals surface area (Å²) < 4.78 is 1.47. The van der Waals surface area contributed by atoms with Gasteiger partial charge < -0.3 is 10.6 Å². The van der Waals surface area contributed by atoms with Crippen molar-refractivity contribution in [3.8, 4) is 0 Å². The van der Waals surface area contributed by atoms with E-state index in [-0.39, 0.29) is 18.1 Å². The van der Waals surface area contributed by atoms with Crippen molar-refractivity contribution in [1.29, 1.82) is 0 Å². The molecule has 3 rings (SSSR count). The Hall–Kier alpha value is -2.26. The van der Waals surface area contributed by atoms with Crippen molar-refractivity contribution in [2.45, 2.75) is 16.3 Å². The van der Waals surface area contributed by atoms with Gasteiger partial charge in [0.15, 0.2) is 11.5 Å². The van der Waals surface area contributed by atoms with Gasteiger partial charge in [0.1, 0.15) is 0 Å². The van der Waals surface area contributed by atoms with E-state index in [1.807, 2.05) is 12.1 Å². The minimum absolute atomic E-state index is 0.0137. The first kappa shape index (κ1) is 22.4. The lowest BCUT2D eigenvalue weighted by molar-refractivity contribution is 0.0996. The van der Waals surface area contributed by atoms with Crippen LogP contribution in [0.4, 0.5) is 5.82 Å². The maximum Gasteiger partial charge on any atom is 0.273 e. The molecule has 0 aliphatic carbocycles. The predicted molar refractivity (Wildman–Crippen MR) is 122 cm³/mol. The molecule has 0 aliphatic rings. The molecule has 7 nitrogen and oxygen atoms in total. The normalized spacial score (nSPS) is 11.2. The van der Waals surface area contributed by atoms with Crippen molar-refractivity contribution in [2.75, 3.05) is 14.1 Å². The van der Waals surface area contributed by atoms with Crippen molar-refractivity contribution in [3.05, 3.63) is 62.7 Å². The number of halogens is 3. The van der Waals surface area contributed by atoms with Crippen LogP contribution in [0.2, 0.25) is 15.1 Å². The van der Waals surface area contributed by atoms with E-state index in [0.29, 0.717) is 15.1 Å². The minimum Gasteiger partial charge on any atom is -0.369 e. The molecule has 0 radical (unpaired) electrons. The summed E-state index contributed by atoms with van der Waals surface area (Å²) in [6.07, 6.45) is 1.54. The standard InChI is InChI=1S/C19H17Cl3N6OS/c1-27(2)10-24-19-16(18(23)29)25-26-28(19)9-11-7-14(21)17(15(22)8-11)30-13-5-3-12(20)4-6-13/h3-8,10H,9H2,1-2H3,(H2,23,29)/b24-10+. The van der Waals surface area contributed by atoms with E-state index in [2.05, 4.69) is 15.3 Å². The van der Waals surface area contributed by atoms with E-state index in [9.17, 15) is 4.79 Å². The van der Waals surface area contributed by atoms with E-state index in [1.54, 1.807) is 43.3 Å². The Bertz CT molecular complexity index is 1080. The van der Waals surface area contributed by atoms with Crippen LogP contribution in [0.3, 0.4) is 0 Å². The van der Waals surface area contributed by atoms with E-state index in [1.165, 1.54) is 22.8 Å². The summed E-state index contributed by atoms with van der Waals surface area (Å²) in [6, 6.07) is 11.0. The highest BCUT2D eigenvalue weighted by atomic mass is 35.5. The second-order valence-corrected chi connectivity index (χ2v) is 8.77. The topological polar surface area (TPSA) is 89.4 Å². The number of hydrogen-bond acceptors (Lipinski definition) is 5. The predicted octanol–water partition coefficient (Wildman–Crippen LogP) is 4.76.